The second kappa shape index (κ2) is 10.8. The summed E-state index contributed by atoms with van der Waals surface area (Å²) in [6.07, 6.45) is 1.75. The van der Waals surface area contributed by atoms with Crippen LogP contribution in [0.25, 0.3) is 6.08 Å². The number of carboxylic acid groups (broad SMARTS) is 1. The molecule has 0 saturated carbocycles. The van der Waals surface area contributed by atoms with Gasteiger partial charge in [-0.1, -0.05) is 72.8 Å². The highest BCUT2D eigenvalue weighted by Gasteiger charge is 2.32. The first kappa shape index (κ1) is 24.5. The standard InChI is InChI=1S/C31H24N2O5/c1-37-28-18-22(15-16-27(28)38-20-21-9-4-2-5-10-21)17-26-29(23-11-6-3-7-12-23)32-33(30(26)34)25-14-8-13-24(19-25)31(35)36/h2-19H,20H2,1H3,(H,35,36). The molecule has 1 aliphatic heterocycles. The number of carbonyl (C=O) groups excluding carboxylic acids is 1. The third-order valence-electron chi connectivity index (χ3n) is 6.00. The minimum absolute atomic E-state index is 0.0695. The van der Waals surface area contributed by atoms with Crippen LogP contribution >= 0.6 is 0 Å². The molecule has 1 N–H and O–H groups in total. The van der Waals surface area contributed by atoms with E-state index in [4.69, 9.17) is 9.47 Å². The highest BCUT2D eigenvalue weighted by atomic mass is 16.5. The van der Waals surface area contributed by atoms with Gasteiger partial charge in [-0.15, -0.1) is 0 Å². The van der Waals surface area contributed by atoms with Crippen molar-refractivity contribution in [2.45, 2.75) is 6.61 Å². The Kier molecular flexibility index (Phi) is 6.99. The average molecular weight is 505 g/mol. The largest absolute Gasteiger partial charge is 0.493 e. The minimum atomic E-state index is -1.08. The molecule has 4 aromatic carbocycles. The number of hydrogen-bond acceptors (Lipinski definition) is 5. The molecule has 0 fully saturated rings. The number of amides is 1. The van der Waals surface area contributed by atoms with Crippen LogP contribution in [0.5, 0.6) is 11.5 Å². The number of hydrazone groups is 1. The van der Waals surface area contributed by atoms with E-state index in [-0.39, 0.29) is 11.5 Å². The Balaban J connectivity index is 1.49. The van der Waals surface area contributed by atoms with E-state index in [1.807, 2.05) is 66.7 Å². The van der Waals surface area contributed by atoms with Gasteiger partial charge in [0.05, 0.1) is 23.9 Å². The van der Waals surface area contributed by atoms with E-state index in [2.05, 4.69) is 5.10 Å². The molecule has 0 aromatic heterocycles. The van der Waals surface area contributed by atoms with Gasteiger partial charge in [0, 0.05) is 5.56 Å². The molecule has 0 aliphatic carbocycles. The van der Waals surface area contributed by atoms with Gasteiger partial charge in [0.1, 0.15) is 12.3 Å². The van der Waals surface area contributed by atoms with Gasteiger partial charge in [0.2, 0.25) is 0 Å². The summed E-state index contributed by atoms with van der Waals surface area (Å²) in [4.78, 5) is 25.1. The third-order valence-corrected chi connectivity index (χ3v) is 6.00. The summed E-state index contributed by atoms with van der Waals surface area (Å²) < 4.78 is 11.5. The zero-order valence-electron chi connectivity index (χ0n) is 20.6. The maximum Gasteiger partial charge on any atom is 0.335 e. The predicted molar refractivity (Wildman–Crippen MR) is 146 cm³/mol. The second-order valence-corrected chi connectivity index (χ2v) is 8.53. The molecule has 0 unspecified atom stereocenters. The van der Waals surface area contributed by atoms with Crippen molar-refractivity contribution in [2.24, 2.45) is 5.10 Å². The Hall–Kier alpha value is -5.17. The van der Waals surface area contributed by atoms with Crippen LogP contribution in [0.15, 0.2) is 114 Å². The van der Waals surface area contributed by atoms with Crippen molar-refractivity contribution in [1.29, 1.82) is 0 Å². The van der Waals surface area contributed by atoms with Crippen molar-refractivity contribution in [2.75, 3.05) is 12.1 Å². The second-order valence-electron chi connectivity index (χ2n) is 8.53. The fourth-order valence-electron chi connectivity index (χ4n) is 4.09. The lowest BCUT2D eigenvalue weighted by Crippen LogP contribution is -2.21. The average Bonchev–Trinajstić information content (AvgIpc) is 3.28. The summed E-state index contributed by atoms with van der Waals surface area (Å²) in [5, 5.41) is 15.2. The Morgan fingerprint density at radius 3 is 2.34 bits per heavy atom. The molecule has 1 amide bonds. The molecule has 7 nitrogen and oxygen atoms in total. The summed E-state index contributed by atoms with van der Waals surface area (Å²) in [5.41, 5.74) is 3.82. The number of hydrogen-bond donors (Lipinski definition) is 1. The van der Waals surface area contributed by atoms with E-state index < -0.39 is 5.97 Å². The highest BCUT2D eigenvalue weighted by Crippen LogP contribution is 2.32. The Bertz CT molecular complexity index is 1550. The lowest BCUT2D eigenvalue weighted by Gasteiger charge is -2.13. The number of rotatable bonds is 8. The number of nitrogens with zero attached hydrogens (tertiary/aromatic N) is 2. The van der Waals surface area contributed by atoms with E-state index in [9.17, 15) is 14.7 Å². The third kappa shape index (κ3) is 5.17. The fraction of sp³-hybridized carbons (Fsp3) is 0.0645. The van der Waals surface area contributed by atoms with Crippen molar-refractivity contribution >= 4 is 29.4 Å². The van der Waals surface area contributed by atoms with Crippen LogP contribution in [-0.4, -0.2) is 29.8 Å². The predicted octanol–water partition coefficient (Wildman–Crippen LogP) is 5.81. The molecular weight excluding hydrogens is 480 g/mol. The first-order valence-corrected chi connectivity index (χ1v) is 11.9. The van der Waals surface area contributed by atoms with Gasteiger partial charge in [0.25, 0.3) is 5.91 Å². The summed E-state index contributed by atoms with van der Waals surface area (Å²) in [7, 11) is 1.57. The first-order chi connectivity index (χ1) is 18.5. The molecule has 7 heteroatoms. The maximum atomic E-state index is 13.6. The number of carbonyl (C=O) groups is 2. The van der Waals surface area contributed by atoms with Gasteiger partial charge in [-0.05, 0) is 47.5 Å². The minimum Gasteiger partial charge on any atom is -0.493 e. The fourth-order valence-corrected chi connectivity index (χ4v) is 4.09. The summed E-state index contributed by atoms with van der Waals surface area (Å²) in [5.74, 6) is -0.330. The molecule has 188 valence electrons. The van der Waals surface area contributed by atoms with Crippen LogP contribution in [0.1, 0.15) is 27.0 Å². The Morgan fingerprint density at radius 2 is 1.63 bits per heavy atom. The maximum absolute atomic E-state index is 13.6. The van der Waals surface area contributed by atoms with Crippen LogP contribution in [0.3, 0.4) is 0 Å². The molecule has 5 rings (SSSR count). The molecule has 0 spiro atoms. The molecule has 1 heterocycles. The van der Waals surface area contributed by atoms with Crippen molar-refractivity contribution < 1.29 is 24.2 Å². The van der Waals surface area contributed by atoms with Crippen LogP contribution in [0.2, 0.25) is 0 Å². The van der Waals surface area contributed by atoms with Crippen LogP contribution in [-0.2, 0) is 11.4 Å². The quantitative estimate of drug-likeness (QED) is 0.306. The number of carboxylic acids is 1. The number of aromatic carboxylic acids is 1. The summed E-state index contributed by atoms with van der Waals surface area (Å²) in [6, 6.07) is 30.8. The first-order valence-electron chi connectivity index (χ1n) is 11.9. The number of methoxy groups -OCH3 is 1. The van der Waals surface area contributed by atoms with Gasteiger partial charge in [-0.2, -0.15) is 10.1 Å². The zero-order valence-corrected chi connectivity index (χ0v) is 20.6. The van der Waals surface area contributed by atoms with Crippen molar-refractivity contribution in [3.63, 3.8) is 0 Å². The number of anilines is 1. The lowest BCUT2D eigenvalue weighted by atomic mass is 10.00. The van der Waals surface area contributed by atoms with Gasteiger partial charge in [-0.25, -0.2) is 4.79 Å². The lowest BCUT2D eigenvalue weighted by molar-refractivity contribution is -0.114. The topological polar surface area (TPSA) is 88.4 Å². The van der Waals surface area contributed by atoms with Crippen LogP contribution < -0.4 is 14.5 Å². The van der Waals surface area contributed by atoms with E-state index >= 15 is 0 Å². The molecular formula is C31H24N2O5. The van der Waals surface area contributed by atoms with Gasteiger partial charge in [-0.3, -0.25) is 4.79 Å². The molecule has 38 heavy (non-hydrogen) atoms. The monoisotopic (exact) mass is 504 g/mol. The van der Waals surface area contributed by atoms with E-state index in [1.165, 1.54) is 17.1 Å². The van der Waals surface area contributed by atoms with Gasteiger partial charge in [0.15, 0.2) is 11.5 Å². The number of ether oxygens (including phenoxy) is 2. The molecule has 0 saturated heterocycles. The van der Waals surface area contributed by atoms with Crippen molar-refractivity contribution in [1.82, 2.24) is 0 Å². The van der Waals surface area contributed by atoms with E-state index in [1.54, 1.807) is 37.5 Å². The van der Waals surface area contributed by atoms with E-state index in [0.717, 1.165) is 16.7 Å². The molecule has 0 bridgehead atoms. The normalized spacial score (nSPS) is 13.9. The Morgan fingerprint density at radius 1 is 0.895 bits per heavy atom. The molecule has 4 aromatic rings. The van der Waals surface area contributed by atoms with Crippen LogP contribution in [0.4, 0.5) is 5.69 Å². The highest BCUT2D eigenvalue weighted by molar-refractivity contribution is 6.37. The van der Waals surface area contributed by atoms with E-state index in [0.29, 0.717) is 35.1 Å². The SMILES string of the molecule is COc1cc(C=C2C(=O)N(c3cccc(C(=O)O)c3)N=C2c2ccccc2)ccc1OCc1ccccc1. The molecule has 0 radical (unpaired) electrons. The smallest absolute Gasteiger partial charge is 0.335 e. The molecule has 0 atom stereocenters. The van der Waals surface area contributed by atoms with Crippen LogP contribution in [0, 0.1) is 0 Å². The van der Waals surface area contributed by atoms with Crippen molar-refractivity contribution in [3.8, 4) is 11.5 Å². The molecule has 1 aliphatic rings. The van der Waals surface area contributed by atoms with Crippen molar-refractivity contribution in [3.05, 3.63) is 131 Å². The zero-order chi connectivity index (χ0) is 26.5. The number of benzene rings is 4. The summed E-state index contributed by atoms with van der Waals surface area (Å²) in [6.45, 7) is 0.394. The summed E-state index contributed by atoms with van der Waals surface area (Å²) >= 11 is 0. The Labute approximate surface area is 219 Å². The van der Waals surface area contributed by atoms with Gasteiger partial charge >= 0.3 is 5.97 Å². The van der Waals surface area contributed by atoms with Gasteiger partial charge < -0.3 is 14.6 Å².